The lowest BCUT2D eigenvalue weighted by molar-refractivity contribution is -0.170. The van der Waals surface area contributed by atoms with Gasteiger partial charge in [-0.05, 0) is 83.0 Å². The van der Waals surface area contributed by atoms with Crippen molar-refractivity contribution >= 4 is 0 Å². The molecule has 5 rings (SSSR count). The third-order valence-electron chi connectivity index (χ3n) is 7.73. The Hall–Kier alpha value is -0.160. The Morgan fingerprint density at radius 3 is 2.12 bits per heavy atom. The van der Waals surface area contributed by atoms with E-state index in [-0.39, 0.29) is 5.60 Å². The molecule has 5 aliphatic rings. The first-order chi connectivity index (χ1) is 12.5. The van der Waals surface area contributed by atoms with E-state index in [2.05, 4.69) is 18.7 Å². The van der Waals surface area contributed by atoms with Crippen molar-refractivity contribution in [2.75, 3.05) is 26.4 Å². The smallest absolute Gasteiger partial charge is 0.0900 e. The van der Waals surface area contributed by atoms with Crippen LogP contribution >= 0.6 is 0 Å². The summed E-state index contributed by atoms with van der Waals surface area (Å²) in [6.07, 6.45) is 11.6. The normalized spacial score (nSPS) is 43.7. The van der Waals surface area contributed by atoms with E-state index in [4.69, 9.17) is 9.47 Å². The van der Waals surface area contributed by atoms with Gasteiger partial charge in [0.2, 0.25) is 0 Å². The van der Waals surface area contributed by atoms with Crippen molar-refractivity contribution in [1.82, 2.24) is 4.90 Å². The van der Waals surface area contributed by atoms with Crippen LogP contribution in [0.5, 0.6) is 0 Å². The second-order valence-corrected chi connectivity index (χ2v) is 10.0. The lowest BCUT2D eigenvalue weighted by Crippen LogP contribution is -2.52. The Balaban J connectivity index is 1.13. The van der Waals surface area contributed by atoms with Gasteiger partial charge in [0, 0.05) is 18.6 Å². The molecule has 0 unspecified atom stereocenters. The van der Waals surface area contributed by atoms with Crippen LogP contribution in [0.15, 0.2) is 0 Å². The molecule has 4 saturated carbocycles. The number of rotatable bonds is 8. The van der Waals surface area contributed by atoms with Crippen molar-refractivity contribution in [2.24, 2.45) is 17.8 Å². The molecular weight excluding hydrogens is 326 g/mol. The Morgan fingerprint density at radius 2 is 1.54 bits per heavy atom. The second-order valence-electron chi connectivity index (χ2n) is 10.0. The van der Waals surface area contributed by atoms with E-state index < -0.39 is 6.10 Å². The highest BCUT2D eigenvalue weighted by molar-refractivity contribution is 5.03. The van der Waals surface area contributed by atoms with Crippen molar-refractivity contribution in [3.8, 4) is 0 Å². The Kier molecular flexibility index (Phi) is 5.95. The van der Waals surface area contributed by atoms with Crippen molar-refractivity contribution in [3.05, 3.63) is 0 Å². The molecule has 1 N–H and O–H groups in total. The summed E-state index contributed by atoms with van der Waals surface area (Å²) in [6.45, 7) is 7.03. The summed E-state index contributed by atoms with van der Waals surface area (Å²) < 4.78 is 12.2. The average Bonchev–Trinajstić information content (AvgIpc) is 2.57. The van der Waals surface area contributed by atoms with E-state index in [9.17, 15) is 5.11 Å². The zero-order valence-corrected chi connectivity index (χ0v) is 16.9. The number of hydrogen-bond acceptors (Lipinski definition) is 4. The number of nitrogens with zero attached hydrogens (tertiary/aromatic N) is 1. The van der Waals surface area contributed by atoms with Crippen molar-refractivity contribution in [1.29, 1.82) is 0 Å². The van der Waals surface area contributed by atoms with Gasteiger partial charge in [0.05, 0.1) is 31.5 Å². The molecule has 1 heterocycles. The number of ether oxygens (including phenoxy) is 2. The van der Waals surface area contributed by atoms with Crippen LogP contribution in [-0.4, -0.2) is 60.2 Å². The van der Waals surface area contributed by atoms with Crippen LogP contribution in [-0.2, 0) is 9.47 Å². The molecule has 4 bridgehead atoms. The fraction of sp³-hybridized carbons (Fsp3) is 1.00. The Labute approximate surface area is 159 Å². The third-order valence-corrected chi connectivity index (χ3v) is 7.73. The number of hydrogen-bond donors (Lipinski definition) is 1. The maximum absolute atomic E-state index is 10.4. The maximum Gasteiger partial charge on any atom is 0.0900 e. The van der Waals surface area contributed by atoms with Gasteiger partial charge in [0.25, 0.3) is 0 Å². The fourth-order valence-corrected chi connectivity index (χ4v) is 6.88. The van der Waals surface area contributed by atoms with Gasteiger partial charge >= 0.3 is 0 Å². The average molecular weight is 366 g/mol. The summed E-state index contributed by atoms with van der Waals surface area (Å²) in [4.78, 5) is 2.45. The van der Waals surface area contributed by atoms with Crippen LogP contribution in [0.3, 0.4) is 0 Å². The molecule has 0 aromatic rings. The number of likely N-dealkylation sites (tertiary alicyclic amines) is 1. The van der Waals surface area contributed by atoms with Crippen molar-refractivity contribution in [2.45, 2.75) is 95.4 Å². The molecule has 150 valence electrons. The number of aliphatic hydroxyl groups is 1. The molecule has 3 atom stereocenters. The zero-order valence-electron chi connectivity index (χ0n) is 16.9. The van der Waals surface area contributed by atoms with Gasteiger partial charge < -0.3 is 14.6 Å². The molecule has 0 spiro atoms. The first-order valence-corrected chi connectivity index (χ1v) is 11.2. The summed E-state index contributed by atoms with van der Waals surface area (Å²) in [5.74, 6) is 2.78. The topological polar surface area (TPSA) is 41.9 Å². The highest BCUT2D eigenvalue weighted by Crippen LogP contribution is 2.57. The summed E-state index contributed by atoms with van der Waals surface area (Å²) >= 11 is 0. The van der Waals surface area contributed by atoms with Crippen LogP contribution < -0.4 is 0 Å². The van der Waals surface area contributed by atoms with E-state index in [0.717, 1.165) is 24.3 Å². The number of piperidine rings is 1. The molecule has 4 aliphatic carbocycles. The van der Waals surface area contributed by atoms with Crippen LogP contribution in [0.2, 0.25) is 0 Å². The van der Waals surface area contributed by atoms with Gasteiger partial charge in [-0.3, -0.25) is 4.90 Å². The Morgan fingerprint density at radius 1 is 0.962 bits per heavy atom. The minimum Gasteiger partial charge on any atom is -0.389 e. The predicted molar refractivity (Wildman–Crippen MR) is 103 cm³/mol. The monoisotopic (exact) mass is 365 g/mol. The van der Waals surface area contributed by atoms with E-state index in [0.29, 0.717) is 31.9 Å². The molecule has 1 saturated heterocycles. The molecule has 0 aromatic carbocycles. The van der Waals surface area contributed by atoms with Crippen LogP contribution in [0, 0.1) is 17.8 Å². The van der Waals surface area contributed by atoms with Crippen LogP contribution in [0.1, 0.15) is 71.6 Å². The molecular formula is C22H39NO3. The number of aliphatic hydroxyl groups excluding tert-OH is 1. The molecule has 26 heavy (non-hydrogen) atoms. The summed E-state index contributed by atoms with van der Waals surface area (Å²) in [7, 11) is 0. The highest BCUT2D eigenvalue weighted by atomic mass is 16.5. The van der Waals surface area contributed by atoms with Gasteiger partial charge in [-0.2, -0.15) is 0 Å². The molecule has 5 fully saturated rings. The molecule has 0 radical (unpaired) electrons. The minimum absolute atomic E-state index is 0.176. The molecule has 4 heteroatoms. The first kappa shape index (κ1) is 19.2. The van der Waals surface area contributed by atoms with Gasteiger partial charge in [-0.1, -0.05) is 6.42 Å². The highest BCUT2D eigenvalue weighted by Gasteiger charge is 2.51. The quantitative estimate of drug-likeness (QED) is 0.667. The molecule has 0 aromatic heterocycles. The maximum atomic E-state index is 10.4. The van der Waals surface area contributed by atoms with E-state index in [1.165, 1.54) is 57.8 Å². The van der Waals surface area contributed by atoms with Gasteiger partial charge in [-0.25, -0.2) is 0 Å². The summed E-state index contributed by atoms with van der Waals surface area (Å²) in [5.41, 5.74) is 0.176. The SMILES string of the molecule is C[C@@H]1CCC[C@@H](C)N1C[C@H](O)COCCOC12CC3CC(CC(C3)C1)C2. The summed E-state index contributed by atoms with van der Waals surface area (Å²) in [6, 6.07) is 1.15. The predicted octanol–water partition coefficient (Wildman–Crippen LogP) is 3.61. The third kappa shape index (κ3) is 4.29. The van der Waals surface area contributed by atoms with Gasteiger partial charge in [-0.15, -0.1) is 0 Å². The largest absolute Gasteiger partial charge is 0.389 e. The number of β-amino-alcohol motifs (C(OH)–C–C–N with tert-alkyl or cyclic N) is 1. The Bertz CT molecular complexity index is 423. The molecule has 4 nitrogen and oxygen atoms in total. The lowest BCUT2D eigenvalue weighted by Gasteiger charge is -2.56. The van der Waals surface area contributed by atoms with E-state index >= 15 is 0 Å². The fourth-order valence-electron chi connectivity index (χ4n) is 6.88. The second kappa shape index (κ2) is 8.06. The molecule has 1 aliphatic heterocycles. The lowest BCUT2D eigenvalue weighted by atomic mass is 9.54. The van der Waals surface area contributed by atoms with Crippen molar-refractivity contribution < 1.29 is 14.6 Å². The van der Waals surface area contributed by atoms with Gasteiger partial charge in [0.1, 0.15) is 0 Å². The van der Waals surface area contributed by atoms with E-state index in [1.54, 1.807) is 0 Å². The van der Waals surface area contributed by atoms with E-state index in [1.807, 2.05) is 0 Å². The van der Waals surface area contributed by atoms with Crippen LogP contribution in [0.25, 0.3) is 0 Å². The summed E-state index contributed by atoms with van der Waals surface area (Å²) in [5, 5.41) is 10.4. The zero-order chi connectivity index (χ0) is 18.1. The first-order valence-electron chi connectivity index (χ1n) is 11.2. The molecule has 0 amide bonds. The van der Waals surface area contributed by atoms with Gasteiger partial charge in [0.15, 0.2) is 0 Å². The minimum atomic E-state index is -0.391. The van der Waals surface area contributed by atoms with Crippen LogP contribution in [0.4, 0.5) is 0 Å². The van der Waals surface area contributed by atoms with Crippen molar-refractivity contribution in [3.63, 3.8) is 0 Å². The standard InChI is InChI=1S/C22H39NO3/c1-16-4-3-5-17(2)23(16)14-21(24)15-25-6-7-26-22-11-18-8-19(12-22)10-20(9-18)13-22/h16-21,24H,3-15H2,1-2H3/t16-,17-,18?,19?,20?,21+,22?/m1/s1.